The van der Waals surface area contributed by atoms with Crippen molar-refractivity contribution in [2.24, 2.45) is 0 Å². The van der Waals surface area contributed by atoms with Gasteiger partial charge in [-0.3, -0.25) is 4.79 Å². The lowest BCUT2D eigenvalue weighted by Gasteiger charge is -2.36. The Morgan fingerprint density at radius 3 is 2.38 bits per heavy atom. The Balaban J connectivity index is 1.79. The van der Waals surface area contributed by atoms with Crippen molar-refractivity contribution in [3.63, 3.8) is 0 Å². The van der Waals surface area contributed by atoms with Gasteiger partial charge in [-0.2, -0.15) is 0 Å². The van der Waals surface area contributed by atoms with Crippen molar-refractivity contribution >= 4 is 14.1 Å². The summed E-state index contributed by atoms with van der Waals surface area (Å²) in [5.74, 6) is 1.07. The molecule has 4 nitrogen and oxygen atoms in total. The zero-order valence-electron chi connectivity index (χ0n) is 16.0. The van der Waals surface area contributed by atoms with Gasteiger partial charge in [0.05, 0.1) is 11.5 Å². The molecule has 1 atom stereocenters. The van der Waals surface area contributed by atoms with Crippen LogP contribution < -0.4 is 9.16 Å². The third-order valence-corrected chi connectivity index (χ3v) is 9.77. The zero-order chi connectivity index (χ0) is 19.1. The monoisotopic (exact) mass is 370 g/mol. The number of hydrogen-bond acceptors (Lipinski definition) is 4. The molecule has 1 N–H and O–H groups in total. The molecule has 2 aromatic carbocycles. The van der Waals surface area contributed by atoms with Gasteiger partial charge < -0.3 is 14.3 Å². The van der Waals surface area contributed by atoms with E-state index in [-0.39, 0.29) is 29.1 Å². The zero-order valence-corrected chi connectivity index (χ0v) is 17.0. The van der Waals surface area contributed by atoms with Crippen molar-refractivity contribution < 1.29 is 19.1 Å². The summed E-state index contributed by atoms with van der Waals surface area (Å²) in [6.07, 6.45) is 0. The first kappa shape index (κ1) is 18.5. The molecule has 0 saturated carbocycles. The van der Waals surface area contributed by atoms with Crippen molar-refractivity contribution in [2.75, 3.05) is 6.61 Å². The summed E-state index contributed by atoms with van der Waals surface area (Å²) in [6, 6.07) is 12.4. The minimum absolute atomic E-state index is 0.0179. The highest BCUT2D eigenvalue weighted by atomic mass is 28.4. The summed E-state index contributed by atoms with van der Waals surface area (Å²) in [6.45, 7) is 11.3. The van der Waals surface area contributed by atoms with E-state index in [2.05, 4.69) is 33.9 Å². The molecule has 0 bridgehead atoms. The number of Topliss-reactive ketones (excluding diaryl/α,β-unsaturated/α-hetero) is 1. The first-order chi connectivity index (χ1) is 12.1. The van der Waals surface area contributed by atoms with E-state index in [1.54, 1.807) is 6.07 Å². The van der Waals surface area contributed by atoms with Crippen LogP contribution >= 0.6 is 0 Å². The lowest BCUT2D eigenvalue weighted by molar-refractivity contribution is 0.0896. The van der Waals surface area contributed by atoms with E-state index in [0.29, 0.717) is 11.3 Å². The first-order valence-electron chi connectivity index (χ1n) is 8.87. The number of fused-ring (bicyclic) bond motifs is 1. The van der Waals surface area contributed by atoms with Crippen LogP contribution in [-0.4, -0.2) is 25.8 Å². The number of aromatic hydroxyl groups is 1. The summed E-state index contributed by atoms with van der Waals surface area (Å²) in [4.78, 5) is 12.8. The van der Waals surface area contributed by atoms with Crippen LogP contribution in [0.3, 0.4) is 0 Å². The maximum atomic E-state index is 12.8. The van der Waals surface area contributed by atoms with E-state index in [9.17, 15) is 9.90 Å². The molecular weight excluding hydrogens is 344 g/mol. The van der Waals surface area contributed by atoms with Crippen molar-refractivity contribution in [1.29, 1.82) is 0 Å². The molecule has 1 heterocycles. The summed E-state index contributed by atoms with van der Waals surface area (Å²) < 4.78 is 12.0. The van der Waals surface area contributed by atoms with Gasteiger partial charge in [-0.25, -0.2) is 0 Å². The van der Waals surface area contributed by atoms with Gasteiger partial charge in [-0.05, 0) is 48.0 Å². The molecule has 0 aliphatic carbocycles. The molecule has 0 amide bonds. The van der Waals surface area contributed by atoms with Crippen LogP contribution in [0.2, 0.25) is 18.1 Å². The molecular formula is C21H26O4Si. The maximum absolute atomic E-state index is 12.8. The number of ether oxygens (including phenoxy) is 1. The molecule has 1 aliphatic heterocycles. The van der Waals surface area contributed by atoms with Crippen molar-refractivity contribution in [1.82, 2.24) is 0 Å². The maximum Gasteiger partial charge on any atom is 0.250 e. The average Bonchev–Trinajstić information content (AvgIpc) is 2.55. The number of carbonyl (C=O) groups excluding carboxylic acids is 1. The van der Waals surface area contributed by atoms with Gasteiger partial charge >= 0.3 is 0 Å². The Hall–Kier alpha value is -2.27. The third kappa shape index (κ3) is 3.49. The Morgan fingerprint density at radius 2 is 1.77 bits per heavy atom. The smallest absolute Gasteiger partial charge is 0.250 e. The van der Waals surface area contributed by atoms with E-state index in [4.69, 9.17) is 9.16 Å². The quantitative estimate of drug-likeness (QED) is 0.761. The predicted octanol–water partition coefficient (Wildman–Crippen LogP) is 5.14. The second-order valence-electron chi connectivity index (χ2n) is 8.34. The highest BCUT2D eigenvalue weighted by Crippen LogP contribution is 2.38. The molecule has 1 aliphatic rings. The van der Waals surface area contributed by atoms with Gasteiger partial charge in [0.1, 0.15) is 23.9 Å². The molecule has 0 spiro atoms. The van der Waals surface area contributed by atoms with E-state index in [1.807, 2.05) is 24.3 Å². The van der Waals surface area contributed by atoms with Crippen LogP contribution in [0.1, 0.15) is 42.6 Å². The molecule has 0 aromatic heterocycles. The number of phenolic OH excluding ortho intramolecular Hbond substituents is 1. The summed E-state index contributed by atoms with van der Waals surface area (Å²) in [5, 5.41) is 9.67. The molecule has 0 fully saturated rings. The van der Waals surface area contributed by atoms with Gasteiger partial charge in [0.15, 0.2) is 5.78 Å². The number of phenols is 1. The van der Waals surface area contributed by atoms with Crippen LogP contribution in [0, 0.1) is 0 Å². The second-order valence-corrected chi connectivity index (χ2v) is 13.1. The Morgan fingerprint density at radius 1 is 1.12 bits per heavy atom. The fourth-order valence-electron chi connectivity index (χ4n) is 2.73. The highest BCUT2D eigenvalue weighted by molar-refractivity contribution is 6.74. The fourth-order valence-corrected chi connectivity index (χ4v) is 3.77. The molecule has 26 heavy (non-hydrogen) atoms. The van der Waals surface area contributed by atoms with Gasteiger partial charge in [-0.15, -0.1) is 0 Å². The molecule has 1 unspecified atom stereocenters. The lowest BCUT2D eigenvalue weighted by atomic mass is 9.89. The minimum atomic E-state index is -1.88. The number of carbonyl (C=O) groups is 1. The van der Waals surface area contributed by atoms with Crippen LogP contribution in [-0.2, 0) is 0 Å². The molecule has 2 aromatic rings. The average molecular weight is 371 g/mol. The van der Waals surface area contributed by atoms with Crippen molar-refractivity contribution in [2.45, 2.75) is 44.8 Å². The Labute approximate surface area is 155 Å². The molecule has 138 valence electrons. The van der Waals surface area contributed by atoms with E-state index < -0.39 is 8.32 Å². The van der Waals surface area contributed by atoms with Crippen LogP contribution in [0.5, 0.6) is 17.2 Å². The Kier molecular flexibility index (Phi) is 4.61. The summed E-state index contributed by atoms with van der Waals surface area (Å²) in [7, 11) is -1.88. The van der Waals surface area contributed by atoms with Gasteiger partial charge in [0.25, 0.3) is 0 Å². The van der Waals surface area contributed by atoms with Gasteiger partial charge in [0, 0.05) is 6.07 Å². The summed E-state index contributed by atoms with van der Waals surface area (Å²) >= 11 is 0. The van der Waals surface area contributed by atoms with E-state index in [0.717, 1.165) is 11.3 Å². The number of rotatable bonds is 3. The third-order valence-electron chi connectivity index (χ3n) is 5.41. The molecule has 3 rings (SSSR count). The van der Waals surface area contributed by atoms with Gasteiger partial charge in [-0.1, -0.05) is 32.9 Å². The van der Waals surface area contributed by atoms with Gasteiger partial charge in [0.2, 0.25) is 8.32 Å². The topological polar surface area (TPSA) is 55.8 Å². The van der Waals surface area contributed by atoms with Crippen molar-refractivity contribution in [3.8, 4) is 17.2 Å². The predicted molar refractivity (Wildman–Crippen MR) is 105 cm³/mol. The molecule has 0 radical (unpaired) electrons. The van der Waals surface area contributed by atoms with Crippen LogP contribution in [0.4, 0.5) is 0 Å². The molecule has 0 saturated heterocycles. The lowest BCUT2D eigenvalue weighted by Crippen LogP contribution is -2.43. The number of benzene rings is 2. The van der Waals surface area contributed by atoms with Crippen LogP contribution in [0.15, 0.2) is 42.5 Å². The normalized spacial score (nSPS) is 17.4. The fraction of sp³-hybridized carbons (Fsp3) is 0.381. The van der Waals surface area contributed by atoms with Crippen molar-refractivity contribution in [3.05, 3.63) is 53.6 Å². The van der Waals surface area contributed by atoms with Crippen LogP contribution in [0.25, 0.3) is 0 Å². The highest BCUT2D eigenvalue weighted by Gasteiger charge is 2.39. The number of hydrogen-bond donors (Lipinski definition) is 1. The number of ketones is 1. The standard InChI is InChI=1S/C21H26O4Si/c1-21(2,3)26(4,5)25-16-9-6-14(7-10-16)18-13-24-19-12-15(22)8-11-17(19)20(18)23/h6-12,18,22H,13H2,1-5H3. The Bertz CT molecular complexity index is 819. The SMILES string of the molecule is CC(C)(C)[Si](C)(C)Oc1ccc(C2COc3cc(O)ccc3C2=O)cc1. The first-order valence-corrected chi connectivity index (χ1v) is 11.8. The second kappa shape index (κ2) is 6.47. The summed E-state index contributed by atoms with van der Waals surface area (Å²) in [5.41, 5.74) is 1.43. The minimum Gasteiger partial charge on any atom is -0.544 e. The largest absolute Gasteiger partial charge is 0.544 e. The van der Waals surface area contributed by atoms with E-state index >= 15 is 0 Å². The molecule has 5 heteroatoms. The van der Waals surface area contributed by atoms with E-state index in [1.165, 1.54) is 12.1 Å².